The van der Waals surface area contributed by atoms with Crippen LogP contribution in [0.3, 0.4) is 0 Å². The van der Waals surface area contributed by atoms with Crippen molar-refractivity contribution in [2.24, 2.45) is 5.92 Å². The zero-order chi connectivity index (χ0) is 22.4. The molecular formula is C24H35N3O3S. The predicted molar refractivity (Wildman–Crippen MR) is 125 cm³/mol. The van der Waals surface area contributed by atoms with E-state index < -0.39 is 0 Å². The van der Waals surface area contributed by atoms with Crippen molar-refractivity contribution < 1.29 is 14.3 Å². The summed E-state index contributed by atoms with van der Waals surface area (Å²) in [6.07, 6.45) is 3.11. The lowest BCUT2D eigenvalue weighted by molar-refractivity contribution is -0.119. The van der Waals surface area contributed by atoms with Crippen LogP contribution in [0.5, 0.6) is 11.5 Å². The Hall–Kier alpha value is -2.15. The van der Waals surface area contributed by atoms with Gasteiger partial charge in [0.25, 0.3) is 0 Å². The van der Waals surface area contributed by atoms with Gasteiger partial charge in [0.2, 0.25) is 5.91 Å². The summed E-state index contributed by atoms with van der Waals surface area (Å²) < 4.78 is 13.8. The average Bonchev–Trinajstić information content (AvgIpc) is 2.90. The lowest BCUT2D eigenvalue weighted by atomic mass is 9.95. The summed E-state index contributed by atoms with van der Waals surface area (Å²) in [4.78, 5) is 17.5. The van der Waals surface area contributed by atoms with Crippen LogP contribution in [-0.2, 0) is 11.3 Å². The van der Waals surface area contributed by atoms with E-state index in [0.29, 0.717) is 19.0 Å². The fourth-order valence-electron chi connectivity index (χ4n) is 3.67. The van der Waals surface area contributed by atoms with E-state index in [2.05, 4.69) is 42.6 Å². The maximum atomic E-state index is 12.8. The Balaban J connectivity index is 1.67. The smallest absolute Gasteiger partial charge is 0.230 e. The Labute approximate surface area is 190 Å². The van der Waals surface area contributed by atoms with Gasteiger partial charge in [-0.25, -0.2) is 4.98 Å². The van der Waals surface area contributed by atoms with Crippen molar-refractivity contribution in [2.75, 3.05) is 19.0 Å². The molecule has 31 heavy (non-hydrogen) atoms. The molecule has 1 unspecified atom stereocenters. The second-order valence-corrected chi connectivity index (χ2v) is 9.35. The molecule has 0 saturated carbocycles. The Bertz CT molecular complexity index is 894. The van der Waals surface area contributed by atoms with Gasteiger partial charge in [0, 0.05) is 18.7 Å². The van der Waals surface area contributed by atoms with Gasteiger partial charge in [-0.15, -0.1) is 0 Å². The van der Waals surface area contributed by atoms with Crippen LogP contribution in [-0.4, -0.2) is 34.4 Å². The molecule has 0 saturated heterocycles. The number of amides is 1. The molecule has 7 heteroatoms. The number of benzene rings is 1. The monoisotopic (exact) mass is 445 g/mol. The van der Waals surface area contributed by atoms with Crippen LogP contribution in [0.2, 0.25) is 0 Å². The summed E-state index contributed by atoms with van der Waals surface area (Å²) in [7, 11) is 0. The molecule has 2 aromatic rings. The number of rotatable bonds is 9. The van der Waals surface area contributed by atoms with Crippen molar-refractivity contribution in [2.45, 2.75) is 71.6 Å². The molecule has 6 nitrogen and oxygen atoms in total. The molecule has 1 aliphatic heterocycles. The van der Waals surface area contributed by atoms with E-state index in [1.54, 1.807) is 0 Å². The molecule has 0 spiro atoms. The number of thioether (sulfide) groups is 1. The number of imidazole rings is 1. The van der Waals surface area contributed by atoms with Gasteiger partial charge in [-0.1, -0.05) is 45.0 Å². The Morgan fingerprint density at radius 3 is 2.68 bits per heavy atom. The summed E-state index contributed by atoms with van der Waals surface area (Å²) in [6, 6.07) is 5.88. The van der Waals surface area contributed by atoms with Crippen molar-refractivity contribution in [3.05, 3.63) is 35.2 Å². The normalized spacial score (nSPS) is 14.4. The van der Waals surface area contributed by atoms with Crippen LogP contribution < -0.4 is 14.8 Å². The highest BCUT2D eigenvalue weighted by molar-refractivity contribution is 7.99. The first-order valence-corrected chi connectivity index (χ1v) is 12.2. The average molecular weight is 446 g/mol. The van der Waals surface area contributed by atoms with Crippen LogP contribution in [0, 0.1) is 19.8 Å². The standard InChI is InChI=1S/C24H35N3O3S/c1-6-7-11-27-18(5)17(4)25-24(27)31-15-22(28)26-23(16(2)3)19-9-10-20-21(14-19)30-13-8-12-29-20/h9-10,14,16,23H,6-8,11-13,15H2,1-5H3,(H,26,28). The molecule has 170 valence electrons. The summed E-state index contributed by atoms with van der Waals surface area (Å²) in [5.74, 6) is 2.13. The van der Waals surface area contributed by atoms with Gasteiger partial charge in [-0.3, -0.25) is 4.79 Å². The minimum atomic E-state index is -0.0893. The van der Waals surface area contributed by atoms with Crippen molar-refractivity contribution in [3.63, 3.8) is 0 Å². The molecular weight excluding hydrogens is 410 g/mol. The van der Waals surface area contributed by atoms with Gasteiger partial charge in [-0.05, 0) is 43.9 Å². The van der Waals surface area contributed by atoms with Gasteiger partial charge in [0.1, 0.15) is 0 Å². The molecule has 1 N–H and O–H groups in total. The van der Waals surface area contributed by atoms with Gasteiger partial charge >= 0.3 is 0 Å². The maximum Gasteiger partial charge on any atom is 0.230 e. The second-order valence-electron chi connectivity index (χ2n) is 8.40. The summed E-state index contributed by atoms with van der Waals surface area (Å²) in [6.45, 7) is 12.8. The lowest BCUT2D eigenvalue weighted by Gasteiger charge is -2.24. The van der Waals surface area contributed by atoms with Crippen LogP contribution in [0.25, 0.3) is 0 Å². The molecule has 0 fully saturated rings. The Kier molecular flexibility index (Phi) is 8.29. The summed E-state index contributed by atoms with van der Waals surface area (Å²) in [5, 5.41) is 4.14. The number of aryl methyl sites for hydroxylation is 1. The number of unbranched alkanes of at least 4 members (excludes halogenated alkanes) is 1. The number of nitrogens with one attached hydrogen (secondary N) is 1. The maximum absolute atomic E-state index is 12.8. The number of carbonyl (C=O) groups excluding carboxylic acids is 1. The first-order valence-electron chi connectivity index (χ1n) is 11.3. The number of hydrogen-bond acceptors (Lipinski definition) is 5. The number of aromatic nitrogens is 2. The highest BCUT2D eigenvalue weighted by Crippen LogP contribution is 2.34. The van der Waals surface area contributed by atoms with E-state index in [9.17, 15) is 4.79 Å². The fourth-order valence-corrected chi connectivity index (χ4v) is 4.60. The zero-order valence-electron chi connectivity index (χ0n) is 19.4. The third kappa shape index (κ3) is 5.97. The summed E-state index contributed by atoms with van der Waals surface area (Å²) in [5.41, 5.74) is 3.25. The van der Waals surface area contributed by atoms with Gasteiger partial charge in [0.05, 0.1) is 30.7 Å². The van der Waals surface area contributed by atoms with Gasteiger partial charge in [-0.2, -0.15) is 0 Å². The van der Waals surface area contributed by atoms with E-state index >= 15 is 0 Å². The van der Waals surface area contributed by atoms with Crippen molar-refractivity contribution in [1.29, 1.82) is 0 Å². The predicted octanol–water partition coefficient (Wildman–Crippen LogP) is 5.07. The van der Waals surface area contributed by atoms with Crippen molar-refractivity contribution in [3.8, 4) is 11.5 Å². The molecule has 1 aromatic heterocycles. The molecule has 2 heterocycles. The zero-order valence-corrected chi connectivity index (χ0v) is 20.2. The summed E-state index contributed by atoms with van der Waals surface area (Å²) >= 11 is 1.51. The lowest BCUT2D eigenvalue weighted by Crippen LogP contribution is -2.33. The SMILES string of the molecule is CCCCn1c(SCC(=O)NC(c2ccc3c(c2)OCCCO3)C(C)C)nc(C)c1C. The number of ether oxygens (including phenoxy) is 2. The van der Waals surface area contributed by atoms with Crippen molar-refractivity contribution in [1.82, 2.24) is 14.9 Å². The highest BCUT2D eigenvalue weighted by Gasteiger charge is 2.22. The first-order chi connectivity index (χ1) is 14.9. The minimum Gasteiger partial charge on any atom is -0.490 e. The first kappa shape index (κ1) is 23.5. The highest BCUT2D eigenvalue weighted by atomic mass is 32.2. The van der Waals surface area contributed by atoms with E-state index in [1.165, 1.54) is 17.5 Å². The van der Waals surface area contributed by atoms with E-state index in [-0.39, 0.29) is 17.9 Å². The van der Waals surface area contributed by atoms with Crippen molar-refractivity contribution >= 4 is 17.7 Å². The van der Waals surface area contributed by atoms with E-state index in [4.69, 9.17) is 9.47 Å². The fraction of sp³-hybridized carbons (Fsp3) is 0.583. The van der Waals surface area contributed by atoms with Crippen LogP contribution in [0.1, 0.15) is 63.0 Å². The molecule has 0 bridgehead atoms. The molecule has 1 atom stereocenters. The van der Waals surface area contributed by atoms with Gasteiger partial charge < -0.3 is 19.4 Å². The number of nitrogens with zero attached hydrogens (tertiary/aromatic N) is 2. The number of hydrogen-bond donors (Lipinski definition) is 1. The third-order valence-corrected chi connectivity index (χ3v) is 6.58. The number of carbonyl (C=O) groups is 1. The minimum absolute atomic E-state index is 0.0103. The molecule has 3 rings (SSSR count). The molecule has 1 amide bonds. The van der Waals surface area contributed by atoms with Crippen LogP contribution in [0.15, 0.2) is 23.4 Å². The topological polar surface area (TPSA) is 65.4 Å². The number of fused-ring (bicyclic) bond motifs is 1. The molecule has 0 aliphatic carbocycles. The van der Waals surface area contributed by atoms with Gasteiger partial charge in [0.15, 0.2) is 16.7 Å². The third-order valence-electron chi connectivity index (χ3n) is 5.60. The van der Waals surface area contributed by atoms with Crippen LogP contribution >= 0.6 is 11.8 Å². The quantitative estimate of drug-likeness (QED) is 0.546. The van der Waals surface area contributed by atoms with E-state index in [1.807, 2.05) is 25.1 Å². The molecule has 1 aliphatic rings. The molecule has 0 radical (unpaired) electrons. The molecule has 1 aromatic carbocycles. The van der Waals surface area contributed by atoms with Crippen LogP contribution in [0.4, 0.5) is 0 Å². The largest absolute Gasteiger partial charge is 0.490 e. The van der Waals surface area contributed by atoms with E-state index in [0.717, 1.165) is 53.7 Å². The Morgan fingerprint density at radius 2 is 1.97 bits per heavy atom. The Morgan fingerprint density at radius 1 is 1.23 bits per heavy atom. The second kappa shape index (κ2) is 10.9.